The second kappa shape index (κ2) is 8.66. The van der Waals surface area contributed by atoms with Gasteiger partial charge < -0.3 is 20.1 Å². The van der Waals surface area contributed by atoms with Gasteiger partial charge >= 0.3 is 0 Å². The zero-order valence-corrected chi connectivity index (χ0v) is 17.3. The van der Waals surface area contributed by atoms with Gasteiger partial charge in [-0.2, -0.15) is 0 Å². The van der Waals surface area contributed by atoms with Crippen molar-refractivity contribution in [2.45, 2.75) is 23.8 Å². The molecule has 0 amide bonds. The highest BCUT2D eigenvalue weighted by molar-refractivity contribution is 7.99. The standard InChI is InChI=1S/C22H24N2O2S2/c23-22(27)16-3-1-2-15(12-16)20-14-24(17-6-9-26-10-7-17)21-13-18(28-11-8-25)4-5-19(20)21/h1-5,12-14,17,25H,6-11H2,(H2,23,27). The van der Waals surface area contributed by atoms with E-state index in [1.807, 2.05) is 12.1 Å². The SMILES string of the molecule is NC(=S)c1cccc(-c2cn(C3CCOCC3)c3cc(SCCO)ccc23)c1. The lowest BCUT2D eigenvalue weighted by atomic mass is 10.0. The number of ether oxygens (including phenoxy) is 1. The van der Waals surface area contributed by atoms with E-state index in [4.69, 9.17) is 27.8 Å². The summed E-state index contributed by atoms with van der Waals surface area (Å²) in [7, 11) is 0. The number of aliphatic hydroxyl groups is 1. The predicted octanol–water partition coefficient (Wildman–Crippen LogP) is 4.38. The Kier molecular flexibility index (Phi) is 6.01. The van der Waals surface area contributed by atoms with E-state index >= 15 is 0 Å². The van der Waals surface area contributed by atoms with E-state index < -0.39 is 0 Å². The minimum absolute atomic E-state index is 0.181. The molecule has 0 spiro atoms. The highest BCUT2D eigenvalue weighted by Gasteiger charge is 2.20. The van der Waals surface area contributed by atoms with Crippen molar-refractivity contribution in [1.82, 2.24) is 4.57 Å². The highest BCUT2D eigenvalue weighted by atomic mass is 32.2. The number of hydrogen-bond donors (Lipinski definition) is 2. The molecule has 1 aromatic heterocycles. The summed E-state index contributed by atoms with van der Waals surface area (Å²) in [5.41, 5.74) is 10.3. The molecule has 3 aromatic rings. The summed E-state index contributed by atoms with van der Waals surface area (Å²) in [6, 6.07) is 15.1. The fourth-order valence-corrected chi connectivity index (χ4v) is 4.63. The lowest BCUT2D eigenvalue weighted by Crippen LogP contribution is -2.18. The number of aliphatic hydroxyl groups excluding tert-OH is 1. The van der Waals surface area contributed by atoms with Crippen LogP contribution in [0.5, 0.6) is 0 Å². The summed E-state index contributed by atoms with van der Waals surface area (Å²) >= 11 is 6.85. The molecule has 0 saturated carbocycles. The lowest BCUT2D eigenvalue weighted by Gasteiger charge is -2.24. The van der Waals surface area contributed by atoms with Crippen LogP contribution in [-0.2, 0) is 4.74 Å². The number of fused-ring (bicyclic) bond motifs is 1. The van der Waals surface area contributed by atoms with Gasteiger partial charge in [-0.3, -0.25) is 0 Å². The van der Waals surface area contributed by atoms with Gasteiger partial charge in [0, 0.05) is 52.6 Å². The minimum atomic E-state index is 0.181. The number of thioether (sulfide) groups is 1. The maximum atomic E-state index is 9.16. The fraction of sp³-hybridized carbons (Fsp3) is 0.318. The van der Waals surface area contributed by atoms with Crippen LogP contribution < -0.4 is 5.73 Å². The van der Waals surface area contributed by atoms with Crippen LogP contribution in [0.1, 0.15) is 24.4 Å². The number of thiocarbonyl (C=S) groups is 1. The van der Waals surface area contributed by atoms with E-state index in [-0.39, 0.29) is 6.61 Å². The zero-order valence-electron chi connectivity index (χ0n) is 15.6. The van der Waals surface area contributed by atoms with Crippen LogP contribution in [0.15, 0.2) is 53.6 Å². The molecule has 1 fully saturated rings. The van der Waals surface area contributed by atoms with Gasteiger partial charge in [0.25, 0.3) is 0 Å². The first-order chi connectivity index (χ1) is 13.7. The van der Waals surface area contributed by atoms with Crippen molar-refractivity contribution >= 4 is 39.9 Å². The normalized spacial score (nSPS) is 15.2. The molecule has 0 aliphatic carbocycles. The molecule has 2 aromatic carbocycles. The van der Waals surface area contributed by atoms with E-state index in [1.54, 1.807) is 11.8 Å². The van der Waals surface area contributed by atoms with Crippen LogP contribution >= 0.6 is 24.0 Å². The molecule has 0 radical (unpaired) electrons. The summed E-state index contributed by atoms with van der Waals surface area (Å²) < 4.78 is 7.98. The number of rotatable bonds is 6. The van der Waals surface area contributed by atoms with Crippen LogP contribution in [0.25, 0.3) is 22.0 Å². The topological polar surface area (TPSA) is 60.4 Å². The largest absolute Gasteiger partial charge is 0.396 e. The van der Waals surface area contributed by atoms with Crippen molar-refractivity contribution in [1.29, 1.82) is 0 Å². The van der Waals surface area contributed by atoms with E-state index in [9.17, 15) is 0 Å². The minimum Gasteiger partial charge on any atom is -0.396 e. The smallest absolute Gasteiger partial charge is 0.104 e. The summed E-state index contributed by atoms with van der Waals surface area (Å²) in [6.07, 6.45) is 4.30. The van der Waals surface area contributed by atoms with E-state index in [0.717, 1.165) is 37.2 Å². The fourth-order valence-electron chi connectivity index (χ4n) is 3.82. The van der Waals surface area contributed by atoms with Crippen LogP contribution in [0.2, 0.25) is 0 Å². The van der Waals surface area contributed by atoms with E-state index in [0.29, 0.717) is 16.8 Å². The third-order valence-corrected chi connectivity index (χ3v) is 6.42. The van der Waals surface area contributed by atoms with Gasteiger partial charge in [0.05, 0.1) is 12.1 Å². The molecule has 0 unspecified atom stereocenters. The molecule has 3 N–H and O–H groups in total. The molecule has 0 atom stereocenters. The van der Waals surface area contributed by atoms with Gasteiger partial charge in [-0.05, 0) is 36.6 Å². The Labute approximate surface area is 174 Å². The maximum Gasteiger partial charge on any atom is 0.104 e. The molecule has 4 rings (SSSR count). The molecule has 28 heavy (non-hydrogen) atoms. The number of hydrogen-bond acceptors (Lipinski definition) is 4. The second-order valence-electron chi connectivity index (χ2n) is 6.99. The molecular weight excluding hydrogens is 388 g/mol. The summed E-state index contributed by atoms with van der Waals surface area (Å²) in [4.78, 5) is 1.59. The number of nitrogens with two attached hydrogens (primary N) is 1. The highest BCUT2D eigenvalue weighted by Crippen LogP contribution is 2.37. The average Bonchev–Trinajstić information content (AvgIpc) is 3.12. The van der Waals surface area contributed by atoms with Gasteiger partial charge in [-0.15, -0.1) is 11.8 Å². The molecule has 2 heterocycles. The van der Waals surface area contributed by atoms with Crippen molar-refractivity contribution < 1.29 is 9.84 Å². The molecule has 4 nitrogen and oxygen atoms in total. The number of benzene rings is 2. The predicted molar refractivity (Wildman–Crippen MR) is 120 cm³/mol. The van der Waals surface area contributed by atoms with Gasteiger partial charge in [0.2, 0.25) is 0 Å². The van der Waals surface area contributed by atoms with Crippen molar-refractivity contribution in [2.24, 2.45) is 5.73 Å². The first-order valence-electron chi connectivity index (χ1n) is 9.53. The molecule has 146 valence electrons. The lowest BCUT2D eigenvalue weighted by molar-refractivity contribution is 0.0707. The van der Waals surface area contributed by atoms with E-state index in [2.05, 4.69) is 41.1 Å². The molecule has 6 heteroatoms. The van der Waals surface area contributed by atoms with Crippen LogP contribution in [0, 0.1) is 0 Å². The van der Waals surface area contributed by atoms with Crippen molar-refractivity contribution in [3.8, 4) is 11.1 Å². The third kappa shape index (κ3) is 3.96. The van der Waals surface area contributed by atoms with Crippen molar-refractivity contribution in [3.63, 3.8) is 0 Å². The van der Waals surface area contributed by atoms with Gasteiger partial charge in [0.15, 0.2) is 0 Å². The Morgan fingerprint density at radius 2 is 2.04 bits per heavy atom. The maximum absolute atomic E-state index is 9.16. The third-order valence-electron chi connectivity index (χ3n) is 5.21. The summed E-state index contributed by atoms with van der Waals surface area (Å²) in [5, 5.41) is 10.4. The van der Waals surface area contributed by atoms with Crippen molar-refractivity contribution in [2.75, 3.05) is 25.6 Å². The quantitative estimate of drug-likeness (QED) is 0.465. The van der Waals surface area contributed by atoms with Crippen molar-refractivity contribution in [3.05, 3.63) is 54.2 Å². The molecule has 1 aliphatic heterocycles. The second-order valence-corrected chi connectivity index (χ2v) is 8.60. The van der Waals surface area contributed by atoms with Gasteiger partial charge in [0.1, 0.15) is 4.99 Å². The molecule has 1 saturated heterocycles. The Hall–Kier alpha value is -1.86. The van der Waals surface area contributed by atoms with Gasteiger partial charge in [-0.1, -0.05) is 36.5 Å². The molecule has 0 bridgehead atoms. The number of aromatic nitrogens is 1. The first-order valence-corrected chi connectivity index (χ1v) is 10.9. The van der Waals surface area contributed by atoms with Crippen LogP contribution in [0.4, 0.5) is 0 Å². The zero-order chi connectivity index (χ0) is 19.5. The van der Waals surface area contributed by atoms with Crippen LogP contribution in [-0.4, -0.2) is 40.2 Å². The number of nitrogens with zero attached hydrogens (tertiary/aromatic N) is 1. The average molecular weight is 413 g/mol. The Morgan fingerprint density at radius 3 is 2.79 bits per heavy atom. The van der Waals surface area contributed by atoms with Gasteiger partial charge in [-0.25, -0.2) is 0 Å². The Bertz CT molecular complexity index is 993. The summed E-state index contributed by atoms with van der Waals surface area (Å²) in [5.74, 6) is 0.701. The molecular formula is C22H24N2O2S2. The Balaban J connectivity index is 1.84. The molecule has 1 aliphatic rings. The van der Waals surface area contributed by atoms with Crippen LogP contribution in [0.3, 0.4) is 0 Å². The summed E-state index contributed by atoms with van der Waals surface area (Å²) in [6.45, 7) is 1.78. The first kappa shape index (κ1) is 19.5. The Morgan fingerprint density at radius 1 is 1.21 bits per heavy atom. The van der Waals surface area contributed by atoms with E-state index in [1.165, 1.54) is 21.4 Å². The monoisotopic (exact) mass is 412 g/mol.